The highest BCUT2D eigenvalue weighted by molar-refractivity contribution is 5.81. The van der Waals surface area contributed by atoms with Gasteiger partial charge in [-0.05, 0) is 147 Å². The first-order chi connectivity index (χ1) is 39.5. The zero-order valence-electron chi connectivity index (χ0n) is 52.2. The topological polar surface area (TPSA) is 376 Å². The normalized spacial score (nSPS) is 28.1. The van der Waals surface area contributed by atoms with Crippen LogP contribution in [0.5, 0.6) is 0 Å². The highest BCUT2D eigenvalue weighted by Crippen LogP contribution is 2.39. The summed E-state index contributed by atoms with van der Waals surface area (Å²) in [6.45, 7) is 23.5. The Morgan fingerprint density at radius 1 is 0.814 bits per heavy atom. The zero-order valence-corrected chi connectivity index (χ0v) is 52.2. The fourth-order valence-electron chi connectivity index (χ4n) is 10.4. The lowest BCUT2D eigenvalue weighted by atomic mass is 9.72. The number of benzene rings is 1. The molecule has 3 fully saturated rings. The van der Waals surface area contributed by atoms with Gasteiger partial charge in [0.25, 0.3) is 5.69 Å². The quantitative estimate of drug-likeness (QED) is 0.0571. The second-order valence-corrected chi connectivity index (χ2v) is 26.7. The van der Waals surface area contributed by atoms with Gasteiger partial charge in [-0.1, -0.05) is 0 Å². The van der Waals surface area contributed by atoms with Crippen LogP contribution in [0.15, 0.2) is 36.1 Å². The van der Waals surface area contributed by atoms with Crippen molar-refractivity contribution in [3.63, 3.8) is 0 Å². The molecular formula is C57H92N8O21. The van der Waals surface area contributed by atoms with E-state index in [9.17, 15) is 59.3 Å². The number of carbonyl (C=O) groups excluding carboxylic acids is 6. The largest absolute Gasteiger partial charge is 0.491 e. The molecule has 1 saturated carbocycles. The van der Waals surface area contributed by atoms with Crippen molar-refractivity contribution in [1.29, 1.82) is 0 Å². The van der Waals surface area contributed by atoms with Crippen LogP contribution in [0.3, 0.4) is 0 Å². The standard InChI is InChI=1S/C57H92N8O21/c1-52(2,3)83-48(71)58-24-23-38(66)45(69)61-37-25-36(62-49(72)84-53(4,5)6)39(40(67)43(37)82-46-41(68)44(57(15,75)30-79-46)63(16)50(73)85-54(7,8)9)42-35(59-26-33-29-80-56(13,14)64(33)51(74)86-55(10,11)12)22-21-34(81-42)27-60-47(70)78-28-31-17-19-32(20-18-31)65(76)77/h17-21,33,35-44,46,59,66-68,75H,22-30H2,1-16H3,(H,58,71)(H,60,70)(H,61,69)(H,62,72)/t33?,35-,36+,37-,38+,39-,40+,41-,42?,43+,44-,46-,57+/m1/s1. The van der Waals surface area contributed by atoms with Crippen molar-refractivity contribution in [3.05, 3.63) is 51.8 Å². The number of hydrogen-bond acceptors (Lipinski definition) is 22. The SMILES string of the molecule is CN(C(=O)OC(C)(C)C)[C@@H]1[C@@H](O)[C@@H](O[C@@H]2[C@@H](O)[C@H](C3OC(CNC(=O)OCc4ccc([N+](=O)[O-])cc4)=CC[C@H]3NCC3COC(C)(C)N3C(=O)OC(C)(C)C)[C@@H](NC(=O)OC(C)(C)C)C[C@H]2NC(=O)[C@@H](O)CCNC(=O)OC(C)(C)C)OC[C@]1(C)O. The molecule has 29 heteroatoms. The molecule has 5 rings (SSSR count). The molecule has 0 spiro atoms. The number of ether oxygens (including phenoxy) is 9. The molecule has 0 bridgehead atoms. The Morgan fingerprint density at radius 2 is 1.42 bits per heavy atom. The summed E-state index contributed by atoms with van der Waals surface area (Å²) in [4.78, 5) is 94.3. The lowest BCUT2D eigenvalue weighted by Crippen LogP contribution is -2.71. The van der Waals surface area contributed by atoms with Crippen LogP contribution < -0.4 is 26.6 Å². The van der Waals surface area contributed by atoms with Crippen LogP contribution in [0.2, 0.25) is 0 Å². The summed E-state index contributed by atoms with van der Waals surface area (Å²) in [5.74, 6) is -2.17. The van der Waals surface area contributed by atoms with Gasteiger partial charge in [-0.15, -0.1) is 0 Å². The van der Waals surface area contributed by atoms with Crippen LogP contribution >= 0.6 is 0 Å². The number of alkyl carbamates (subject to hydrolysis) is 3. The van der Waals surface area contributed by atoms with E-state index in [2.05, 4.69) is 26.6 Å². The summed E-state index contributed by atoms with van der Waals surface area (Å²) in [6, 6.07) is -0.156. The van der Waals surface area contributed by atoms with E-state index in [1.807, 2.05) is 0 Å². The van der Waals surface area contributed by atoms with Crippen molar-refractivity contribution in [2.24, 2.45) is 5.92 Å². The van der Waals surface area contributed by atoms with E-state index >= 15 is 0 Å². The van der Waals surface area contributed by atoms with Crippen molar-refractivity contribution >= 4 is 42.1 Å². The van der Waals surface area contributed by atoms with Gasteiger partial charge in [0, 0.05) is 50.3 Å². The minimum Gasteiger partial charge on any atom is -0.491 e. The molecule has 1 aliphatic carbocycles. The molecule has 6 amide bonds. The molecule has 86 heavy (non-hydrogen) atoms. The molecule has 1 aromatic carbocycles. The Labute approximate surface area is 501 Å². The summed E-state index contributed by atoms with van der Waals surface area (Å²) in [5, 5.41) is 73.7. The minimum absolute atomic E-state index is 0.0461. The number of carbonyl (C=O) groups is 6. The first-order valence-corrected chi connectivity index (χ1v) is 28.7. The third kappa shape index (κ3) is 20.4. The molecule has 1 aromatic rings. The number of rotatable bonds is 18. The van der Waals surface area contributed by atoms with E-state index in [4.69, 9.17) is 42.6 Å². The highest BCUT2D eigenvalue weighted by Gasteiger charge is 2.57. The Hall–Kier alpha value is -6.34. The number of aliphatic hydroxyl groups excluding tert-OH is 3. The molecule has 3 aliphatic heterocycles. The second kappa shape index (κ2) is 28.2. The van der Waals surface area contributed by atoms with Crippen molar-refractivity contribution in [1.82, 2.24) is 36.4 Å². The molecule has 9 N–H and O–H groups in total. The maximum atomic E-state index is 14.2. The van der Waals surface area contributed by atoms with Crippen molar-refractivity contribution in [2.45, 2.75) is 230 Å². The molecule has 4 aliphatic rings. The molecule has 3 heterocycles. The number of amides is 6. The Kier molecular flexibility index (Phi) is 23.1. The van der Waals surface area contributed by atoms with Crippen LogP contribution in [-0.4, -0.2) is 212 Å². The first kappa shape index (κ1) is 70.4. The minimum atomic E-state index is -1.92. The predicted molar refractivity (Wildman–Crippen MR) is 306 cm³/mol. The number of aliphatic hydroxyl groups is 4. The monoisotopic (exact) mass is 1220 g/mol. The van der Waals surface area contributed by atoms with E-state index in [-0.39, 0.29) is 63.6 Å². The second-order valence-electron chi connectivity index (χ2n) is 26.7. The van der Waals surface area contributed by atoms with Crippen molar-refractivity contribution < 1.29 is 96.7 Å². The highest BCUT2D eigenvalue weighted by atomic mass is 16.7. The van der Waals surface area contributed by atoms with Crippen molar-refractivity contribution in [2.75, 3.05) is 39.9 Å². The third-order valence-corrected chi connectivity index (χ3v) is 14.1. The van der Waals surface area contributed by atoms with Crippen LogP contribution in [-0.2, 0) is 54.0 Å². The third-order valence-electron chi connectivity index (χ3n) is 14.1. The summed E-state index contributed by atoms with van der Waals surface area (Å²) < 4.78 is 53.3. The average Bonchev–Trinajstić information content (AvgIpc) is 0.914. The van der Waals surface area contributed by atoms with E-state index in [1.54, 1.807) is 103 Å². The molecule has 29 nitrogen and oxygen atoms in total. The number of hydrogen-bond donors (Lipinski definition) is 9. The van der Waals surface area contributed by atoms with Gasteiger partial charge in [-0.3, -0.25) is 19.8 Å². The fourth-order valence-corrected chi connectivity index (χ4v) is 10.4. The molecule has 2 unspecified atom stereocenters. The van der Waals surface area contributed by atoms with Gasteiger partial charge in [0.2, 0.25) is 5.91 Å². The number of nitrogens with one attached hydrogen (secondary N) is 5. The number of non-ortho nitro benzene ring substituents is 1. The molecule has 2 saturated heterocycles. The van der Waals surface area contributed by atoms with Crippen molar-refractivity contribution in [3.8, 4) is 0 Å². The van der Waals surface area contributed by atoms with Gasteiger partial charge in [0.15, 0.2) is 6.29 Å². The molecule has 13 atom stereocenters. The van der Waals surface area contributed by atoms with Crippen LogP contribution in [0.1, 0.15) is 129 Å². The van der Waals surface area contributed by atoms with Crippen LogP contribution in [0.25, 0.3) is 0 Å². The maximum Gasteiger partial charge on any atom is 0.412 e. The summed E-state index contributed by atoms with van der Waals surface area (Å²) >= 11 is 0. The Bertz CT molecular complexity index is 2560. The lowest BCUT2D eigenvalue weighted by Gasteiger charge is -2.52. The van der Waals surface area contributed by atoms with Gasteiger partial charge in [-0.25, -0.2) is 24.0 Å². The van der Waals surface area contributed by atoms with E-state index in [0.717, 1.165) is 4.90 Å². The van der Waals surface area contributed by atoms with Gasteiger partial charge in [0.05, 0.1) is 48.9 Å². The predicted octanol–water partition coefficient (Wildman–Crippen LogP) is 3.95. The number of nitro groups is 1. The average molecular weight is 1230 g/mol. The number of nitrogens with zero attached hydrogens (tertiary/aromatic N) is 3. The van der Waals surface area contributed by atoms with E-state index in [0.29, 0.717) is 5.56 Å². The van der Waals surface area contributed by atoms with E-state index in [1.165, 1.54) is 43.1 Å². The number of likely N-dealkylation sites (N-methyl/N-ethyl adjacent to an activating group) is 1. The fraction of sp³-hybridized carbons (Fsp3) is 0.754. The smallest absolute Gasteiger partial charge is 0.412 e. The van der Waals surface area contributed by atoms with Gasteiger partial charge in [-0.2, -0.15) is 0 Å². The number of nitro benzene ring substituents is 1. The van der Waals surface area contributed by atoms with Crippen LogP contribution in [0, 0.1) is 16.0 Å². The van der Waals surface area contributed by atoms with Gasteiger partial charge < -0.3 is 94.5 Å². The first-order valence-electron chi connectivity index (χ1n) is 28.7. The Balaban J connectivity index is 1.57. The lowest BCUT2D eigenvalue weighted by molar-refractivity contribution is -0.384. The summed E-state index contributed by atoms with van der Waals surface area (Å²) in [5.41, 5.74) is -6.49. The molecule has 486 valence electrons. The van der Waals surface area contributed by atoms with Gasteiger partial charge in [0.1, 0.15) is 70.5 Å². The van der Waals surface area contributed by atoms with Gasteiger partial charge >= 0.3 is 30.5 Å². The summed E-state index contributed by atoms with van der Waals surface area (Å²) in [6.07, 6.45) is -13.3. The molecular weight excluding hydrogens is 1130 g/mol. The zero-order chi connectivity index (χ0) is 64.7. The van der Waals surface area contributed by atoms with E-state index < -0.39 is 155 Å². The molecule has 0 aromatic heterocycles. The maximum absolute atomic E-state index is 14.2. The molecule has 0 radical (unpaired) electrons. The Morgan fingerprint density at radius 3 is 2.01 bits per heavy atom. The summed E-state index contributed by atoms with van der Waals surface area (Å²) in [7, 11) is 1.30. The van der Waals surface area contributed by atoms with Crippen LogP contribution in [0.4, 0.5) is 29.7 Å².